The van der Waals surface area contributed by atoms with Gasteiger partial charge in [0.25, 0.3) is 5.91 Å². The number of carbonyl (C=O) groups excluding carboxylic acids is 1. The second kappa shape index (κ2) is 7.51. The van der Waals surface area contributed by atoms with Crippen LogP contribution in [-0.2, 0) is 0 Å². The molecule has 1 saturated carbocycles. The summed E-state index contributed by atoms with van der Waals surface area (Å²) in [6.07, 6.45) is 5.95. The van der Waals surface area contributed by atoms with Gasteiger partial charge in [0.15, 0.2) is 5.65 Å². The van der Waals surface area contributed by atoms with Crippen molar-refractivity contribution < 1.29 is 9.18 Å². The first-order chi connectivity index (χ1) is 13.5. The topological polar surface area (TPSA) is 59.8 Å². The molecule has 3 aromatic rings. The molecule has 1 aliphatic carbocycles. The number of amides is 1. The molecule has 7 heteroatoms. The van der Waals surface area contributed by atoms with Crippen molar-refractivity contribution >= 4 is 28.5 Å². The molecule has 0 aliphatic heterocycles. The van der Waals surface area contributed by atoms with Gasteiger partial charge in [-0.3, -0.25) is 4.79 Å². The Morgan fingerprint density at radius 3 is 2.68 bits per heavy atom. The van der Waals surface area contributed by atoms with E-state index in [0.717, 1.165) is 19.3 Å². The Kier molecular flexibility index (Phi) is 5.06. The third kappa shape index (κ3) is 3.37. The molecule has 28 heavy (non-hydrogen) atoms. The number of benzene rings is 1. The first kappa shape index (κ1) is 18.9. The minimum atomic E-state index is -0.321. The number of hydrogen-bond donors (Lipinski definition) is 1. The fourth-order valence-corrected chi connectivity index (χ4v) is 4.26. The molecule has 2 atom stereocenters. The molecule has 2 aromatic heterocycles. The summed E-state index contributed by atoms with van der Waals surface area (Å²) in [5.74, 6) is -0.0676. The largest absolute Gasteiger partial charge is 0.349 e. The molecule has 146 valence electrons. The predicted molar refractivity (Wildman–Crippen MR) is 107 cm³/mol. The number of nitrogens with zero attached hydrogens (tertiary/aromatic N) is 3. The number of pyridine rings is 1. The first-order valence-electron chi connectivity index (χ1n) is 9.56. The van der Waals surface area contributed by atoms with Crippen molar-refractivity contribution in [2.45, 2.75) is 45.6 Å². The number of nitrogens with one attached hydrogen (secondary N) is 1. The highest BCUT2D eigenvalue weighted by Gasteiger charge is 2.26. The van der Waals surface area contributed by atoms with Gasteiger partial charge in [-0.25, -0.2) is 14.1 Å². The van der Waals surface area contributed by atoms with Crippen LogP contribution in [0.25, 0.3) is 16.7 Å². The minimum Gasteiger partial charge on any atom is -0.349 e. The second-order valence-corrected chi connectivity index (χ2v) is 7.88. The summed E-state index contributed by atoms with van der Waals surface area (Å²) in [7, 11) is 0. The molecule has 0 bridgehead atoms. The molecule has 5 nitrogen and oxygen atoms in total. The van der Waals surface area contributed by atoms with Gasteiger partial charge in [0.05, 0.1) is 27.4 Å². The van der Waals surface area contributed by atoms with Gasteiger partial charge in [0.2, 0.25) is 0 Å². The van der Waals surface area contributed by atoms with Crippen LogP contribution in [0.4, 0.5) is 4.39 Å². The number of aryl methyl sites for hydroxylation is 1. The van der Waals surface area contributed by atoms with E-state index in [1.165, 1.54) is 24.8 Å². The van der Waals surface area contributed by atoms with Crippen molar-refractivity contribution in [3.63, 3.8) is 0 Å². The SMILES string of the molecule is Cc1nn(-c2ccc(F)cc2)c2ncc(C(=O)N[C@@H]3CCCC[C@H]3C)c(Cl)c12. The zero-order valence-corrected chi connectivity index (χ0v) is 16.6. The van der Waals surface area contributed by atoms with E-state index >= 15 is 0 Å². The fourth-order valence-electron chi connectivity index (χ4n) is 3.91. The molecule has 1 fully saturated rings. The lowest BCUT2D eigenvalue weighted by molar-refractivity contribution is 0.0910. The molecule has 1 aromatic carbocycles. The molecule has 1 amide bonds. The molecule has 0 spiro atoms. The van der Waals surface area contributed by atoms with Gasteiger partial charge in [0.1, 0.15) is 5.82 Å². The summed E-state index contributed by atoms with van der Waals surface area (Å²) in [5.41, 5.74) is 2.24. The quantitative estimate of drug-likeness (QED) is 0.685. The van der Waals surface area contributed by atoms with E-state index in [0.29, 0.717) is 38.9 Å². The van der Waals surface area contributed by atoms with Crippen molar-refractivity contribution in [1.82, 2.24) is 20.1 Å². The molecule has 0 unspecified atom stereocenters. The Hall–Kier alpha value is -2.47. The van der Waals surface area contributed by atoms with E-state index in [-0.39, 0.29) is 17.8 Å². The Morgan fingerprint density at radius 1 is 1.25 bits per heavy atom. The van der Waals surface area contributed by atoms with Crippen molar-refractivity contribution in [3.8, 4) is 5.69 Å². The number of aromatic nitrogens is 3. The fraction of sp³-hybridized carbons (Fsp3) is 0.381. The Bertz CT molecular complexity index is 1030. The third-order valence-electron chi connectivity index (χ3n) is 5.55. The predicted octanol–water partition coefficient (Wildman–Crippen LogP) is 4.83. The van der Waals surface area contributed by atoms with Gasteiger partial charge in [-0.15, -0.1) is 0 Å². The van der Waals surface area contributed by atoms with Gasteiger partial charge in [0, 0.05) is 12.2 Å². The van der Waals surface area contributed by atoms with Gasteiger partial charge in [-0.2, -0.15) is 5.10 Å². The smallest absolute Gasteiger partial charge is 0.254 e. The van der Waals surface area contributed by atoms with Crippen LogP contribution < -0.4 is 5.32 Å². The standard InChI is InChI=1S/C21H22ClFN4O/c1-12-5-3-4-6-17(12)25-21(28)16-11-24-20-18(19(16)22)13(2)26-27(20)15-9-7-14(23)8-10-15/h7-12,17H,3-6H2,1-2H3,(H,25,28)/t12-,17-/m1/s1. The lowest BCUT2D eigenvalue weighted by Gasteiger charge is -2.29. The van der Waals surface area contributed by atoms with Crippen LogP contribution >= 0.6 is 11.6 Å². The lowest BCUT2D eigenvalue weighted by atomic mass is 9.86. The average molecular weight is 401 g/mol. The summed E-state index contributed by atoms with van der Waals surface area (Å²) in [6, 6.07) is 6.15. The summed E-state index contributed by atoms with van der Waals surface area (Å²) >= 11 is 6.61. The van der Waals surface area contributed by atoms with Crippen molar-refractivity contribution in [1.29, 1.82) is 0 Å². The second-order valence-electron chi connectivity index (χ2n) is 7.50. The summed E-state index contributed by atoms with van der Waals surface area (Å²) in [5, 5.41) is 8.60. The monoisotopic (exact) mass is 400 g/mol. The normalized spacial score (nSPS) is 19.7. The average Bonchev–Trinajstić information content (AvgIpc) is 3.02. The van der Waals surface area contributed by atoms with Crippen LogP contribution in [0.1, 0.15) is 48.7 Å². The molecule has 0 saturated heterocycles. The summed E-state index contributed by atoms with van der Waals surface area (Å²) in [4.78, 5) is 17.3. The van der Waals surface area contributed by atoms with Crippen molar-refractivity contribution in [3.05, 3.63) is 52.6 Å². The van der Waals surface area contributed by atoms with Crippen LogP contribution in [0.15, 0.2) is 30.5 Å². The zero-order valence-electron chi connectivity index (χ0n) is 15.9. The molecule has 1 N–H and O–H groups in total. The number of halogens is 2. The zero-order chi connectivity index (χ0) is 19.8. The number of fused-ring (bicyclic) bond motifs is 1. The van der Waals surface area contributed by atoms with Gasteiger partial charge in [-0.1, -0.05) is 31.4 Å². The maximum atomic E-state index is 13.2. The van der Waals surface area contributed by atoms with Gasteiger partial charge in [-0.05, 0) is 49.9 Å². The van der Waals surface area contributed by atoms with E-state index in [4.69, 9.17) is 11.6 Å². The van der Waals surface area contributed by atoms with Crippen LogP contribution in [-0.4, -0.2) is 26.7 Å². The summed E-state index contributed by atoms with van der Waals surface area (Å²) < 4.78 is 14.8. The highest BCUT2D eigenvalue weighted by molar-refractivity contribution is 6.38. The number of carbonyl (C=O) groups is 1. The maximum absolute atomic E-state index is 13.2. The Morgan fingerprint density at radius 2 is 1.96 bits per heavy atom. The van der Waals surface area contributed by atoms with E-state index < -0.39 is 0 Å². The molecule has 2 heterocycles. The highest BCUT2D eigenvalue weighted by atomic mass is 35.5. The van der Waals surface area contributed by atoms with E-state index in [9.17, 15) is 9.18 Å². The lowest BCUT2D eigenvalue weighted by Crippen LogP contribution is -2.41. The van der Waals surface area contributed by atoms with Crippen LogP contribution in [0.2, 0.25) is 5.02 Å². The Labute approximate surface area is 167 Å². The van der Waals surface area contributed by atoms with E-state index in [1.54, 1.807) is 16.8 Å². The van der Waals surface area contributed by atoms with E-state index in [1.807, 2.05) is 6.92 Å². The molecule has 4 rings (SSSR count). The van der Waals surface area contributed by atoms with Crippen LogP contribution in [0.3, 0.4) is 0 Å². The molecular weight excluding hydrogens is 379 g/mol. The maximum Gasteiger partial charge on any atom is 0.254 e. The van der Waals surface area contributed by atoms with Gasteiger partial charge >= 0.3 is 0 Å². The van der Waals surface area contributed by atoms with Crippen molar-refractivity contribution in [2.75, 3.05) is 0 Å². The first-order valence-corrected chi connectivity index (χ1v) is 9.94. The molecular formula is C21H22ClFN4O. The third-order valence-corrected chi connectivity index (χ3v) is 5.94. The van der Waals surface area contributed by atoms with Crippen LogP contribution in [0, 0.1) is 18.7 Å². The minimum absolute atomic E-state index is 0.163. The van der Waals surface area contributed by atoms with Crippen LogP contribution in [0.5, 0.6) is 0 Å². The Balaban J connectivity index is 1.70. The number of hydrogen-bond acceptors (Lipinski definition) is 3. The highest BCUT2D eigenvalue weighted by Crippen LogP contribution is 2.31. The molecule has 1 aliphatic rings. The van der Waals surface area contributed by atoms with E-state index in [2.05, 4.69) is 22.3 Å². The van der Waals surface area contributed by atoms with Gasteiger partial charge < -0.3 is 5.32 Å². The summed E-state index contributed by atoms with van der Waals surface area (Å²) in [6.45, 7) is 3.99. The number of rotatable bonds is 3. The molecule has 0 radical (unpaired) electrons. The van der Waals surface area contributed by atoms with Crippen molar-refractivity contribution in [2.24, 2.45) is 5.92 Å².